The zero-order valence-electron chi connectivity index (χ0n) is 16.8. The first-order valence-electron chi connectivity index (χ1n) is 9.71. The van der Waals surface area contributed by atoms with Gasteiger partial charge in [-0.3, -0.25) is 4.79 Å². The molecule has 6 nitrogen and oxygen atoms in total. The van der Waals surface area contributed by atoms with Crippen LogP contribution in [0.1, 0.15) is 21.5 Å². The highest BCUT2D eigenvalue weighted by Gasteiger charge is 2.26. The molecule has 0 bridgehead atoms. The highest BCUT2D eigenvalue weighted by molar-refractivity contribution is 7.89. The Hall–Kier alpha value is -2.87. The molecule has 160 valence electrons. The number of carbonyl (C=O) groups excluding carboxylic acids is 1. The van der Waals surface area contributed by atoms with Crippen molar-refractivity contribution < 1.29 is 17.9 Å². The molecule has 1 aliphatic rings. The van der Waals surface area contributed by atoms with Crippen LogP contribution in [0.25, 0.3) is 0 Å². The summed E-state index contributed by atoms with van der Waals surface area (Å²) in [5.41, 5.74) is 3.32. The van der Waals surface area contributed by atoms with Crippen LogP contribution in [0.2, 0.25) is 5.02 Å². The molecule has 31 heavy (non-hydrogen) atoms. The molecule has 0 spiro atoms. The molecule has 1 aliphatic heterocycles. The molecule has 0 atom stereocenters. The van der Waals surface area contributed by atoms with Crippen LogP contribution in [-0.2, 0) is 23.0 Å². The number of hydrogen-bond acceptors (Lipinski definition) is 4. The van der Waals surface area contributed by atoms with Gasteiger partial charge in [0, 0.05) is 29.4 Å². The second-order valence-corrected chi connectivity index (χ2v) is 9.33. The van der Waals surface area contributed by atoms with E-state index in [-0.39, 0.29) is 23.1 Å². The number of methoxy groups -OCH3 is 1. The van der Waals surface area contributed by atoms with E-state index in [9.17, 15) is 13.2 Å². The summed E-state index contributed by atoms with van der Waals surface area (Å²) in [4.78, 5) is 14.6. The average molecular weight is 457 g/mol. The van der Waals surface area contributed by atoms with E-state index < -0.39 is 10.0 Å². The largest absolute Gasteiger partial charge is 0.495 e. The molecule has 0 unspecified atom stereocenters. The first kappa shape index (κ1) is 21.4. The number of halogens is 1. The average Bonchev–Trinajstić information content (AvgIpc) is 3.21. The summed E-state index contributed by atoms with van der Waals surface area (Å²) in [6, 6.07) is 19.2. The summed E-state index contributed by atoms with van der Waals surface area (Å²) in [6.45, 7) is 0.704. The Bertz CT molecular complexity index is 1230. The van der Waals surface area contributed by atoms with Crippen molar-refractivity contribution in [2.24, 2.45) is 0 Å². The number of anilines is 1. The van der Waals surface area contributed by atoms with Crippen molar-refractivity contribution in [2.75, 3.05) is 18.6 Å². The van der Waals surface area contributed by atoms with Crippen LogP contribution >= 0.6 is 11.6 Å². The lowest BCUT2D eigenvalue weighted by Crippen LogP contribution is -2.28. The molecule has 3 aromatic rings. The fourth-order valence-corrected chi connectivity index (χ4v) is 5.08. The number of benzene rings is 3. The smallest absolute Gasteiger partial charge is 0.258 e. The molecule has 1 N–H and O–H groups in total. The number of carbonyl (C=O) groups is 1. The van der Waals surface area contributed by atoms with E-state index in [1.807, 2.05) is 36.4 Å². The van der Waals surface area contributed by atoms with E-state index in [1.165, 1.54) is 19.2 Å². The van der Waals surface area contributed by atoms with E-state index in [4.69, 9.17) is 16.3 Å². The van der Waals surface area contributed by atoms with Gasteiger partial charge in [0.25, 0.3) is 5.91 Å². The van der Waals surface area contributed by atoms with Crippen LogP contribution in [0.15, 0.2) is 71.6 Å². The Labute approximate surface area is 186 Å². The van der Waals surface area contributed by atoms with Crippen molar-refractivity contribution in [1.82, 2.24) is 4.72 Å². The molecule has 0 saturated carbocycles. The molecule has 0 fully saturated rings. The van der Waals surface area contributed by atoms with Crippen LogP contribution < -0.4 is 14.4 Å². The number of sulfonamides is 1. The number of rotatable bonds is 6. The third-order valence-electron chi connectivity index (χ3n) is 5.19. The first-order valence-corrected chi connectivity index (χ1v) is 11.6. The molecule has 8 heteroatoms. The minimum absolute atomic E-state index is 0.0108. The zero-order chi connectivity index (χ0) is 22.0. The van der Waals surface area contributed by atoms with Gasteiger partial charge in [-0.2, -0.15) is 0 Å². The molecule has 1 heterocycles. The molecule has 3 aromatic carbocycles. The van der Waals surface area contributed by atoms with Gasteiger partial charge < -0.3 is 9.64 Å². The lowest BCUT2D eigenvalue weighted by atomic mass is 10.1. The summed E-state index contributed by atoms with van der Waals surface area (Å²) in [7, 11) is -2.41. The number of fused-ring (bicyclic) bond motifs is 1. The SMILES string of the molecule is COc1ccc(Cl)cc1S(=O)(=O)NCc1ccc2c(c1)CCN2C(=O)c1ccccc1. The van der Waals surface area contributed by atoms with Gasteiger partial charge in [0.1, 0.15) is 10.6 Å². The second-order valence-electron chi connectivity index (χ2n) is 7.16. The van der Waals surface area contributed by atoms with Crippen molar-refractivity contribution in [3.8, 4) is 5.75 Å². The second kappa shape index (κ2) is 8.70. The maximum Gasteiger partial charge on any atom is 0.258 e. The third kappa shape index (κ3) is 4.44. The minimum Gasteiger partial charge on any atom is -0.495 e. The van der Waals surface area contributed by atoms with Crippen molar-refractivity contribution in [3.63, 3.8) is 0 Å². The van der Waals surface area contributed by atoms with Crippen molar-refractivity contribution >= 4 is 33.2 Å². The molecular weight excluding hydrogens is 436 g/mol. The lowest BCUT2D eigenvalue weighted by Gasteiger charge is -2.18. The molecule has 1 amide bonds. The number of hydrogen-bond donors (Lipinski definition) is 1. The predicted molar refractivity (Wildman–Crippen MR) is 120 cm³/mol. The highest BCUT2D eigenvalue weighted by atomic mass is 35.5. The summed E-state index contributed by atoms with van der Waals surface area (Å²) in [5.74, 6) is 0.182. The van der Waals surface area contributed by atoms with Gasteiger partial charge in [0.2, 0.25) is 10.0 Å². The predicted octanol–water partition coefficient (Wildman–Crippen LogP) is 4.03. The minimum atomic E-state index is -3.82. The Morgan fingerprint density at radius 3 is 2.61 bits per heavy atom. The summed E-state index contributed by atoms with van der Waals surface area (Å²) >= 11 is 5.96. The fraction of sp³-hybridized carbons (Fsp3) is 0.174. The van der Waals surface area contributed by atoms with Crippen molar-refractivity contribution in [2.45, 2.75) is 17.9 Å². The summed E-state index contributed by atoms with van der Waals surface area (Å²) < 4.78 is 33.3. The van der Waals surface area contributed by atoms with Crippen molar-refractivity contribution in [3.05, 3.63) is 88.4 Å². The fourth-order valence-electron chi connectivity index (χ4n) is 3.63. The normalized spacial score (nSPS) is 13.2. The van der Waals surface area contributed by atoms with Gasteiger partial charge in [-0.05, 0) is 53.9 Å². The zero-order valence-corrected chi connectivity index (χ0v) is 18.4. The number of nitrogens with zero attached hydrogens (tertiary/aromatic N) is 1. The summed E-state index contributed by atoms with van der Waals surface area (Å²) in [6.07, 6.45) is 0.719. The topological polar surface area (TPSA) is 75.7 Å². The Morgan fingerprint density at radius 2 is 1.87 bits per heavy atom. The van der Waals surface area contributed by atoms with E-state index >= 15 is 0 Å². The van der Waals surface area contributed by atoms with Gasteiger partial charge in [0.15, 0.2) is 0 Å². The van der Waals surface area contributed by atoms with Gasteiger partial charge in [-0.15, -0.1) is 0 Å². The van der Waals surface area contributed by atoms with Gasteiger partial charge in [0.05, 0.1) is 7.11 Å². The van der Waals surface area contributed by atoms with E-state index in [2.05, 4.69) is 4.72 Å². The van der Waals surface area contributed by atoms with Gasteiger partial charge >= 0.3 is 0 Å². The highest BCUT2D eigenvalue weighted by Crippen LogP contribution is 2.31. The molecule has 0 radical (unpaired) electrons. The van der Waals surface area contributed by atoms with Crippen LogP contribution in [0.4, 0.5) is 5.69 Å². The van der Waals surface area contributed by atoms with E-state index in [1.54, 1.807) is 23.1 Å². The third-order valence-corrected chi connectivity index (χ3v) is 6.84. The molecule has 0 aliphatic carbocycles. The number of nitrogens with one attached hydrogen (secondary N) is 1. The molecular formula is C23H21ClN2O4S. The van der Waals surface area contributed by atoms with Crippen molar-refractivity contribution in [1.29, 1.82) is 0 Å². The number of ether oxygens (including phenoxy) is 1. The Balaban J connectivity index is 1.51. The molecule has 4 rings (SSSR count). The standard InChI is InChI=1S/C23H21ClN2O4S/c1-30-21-10-8-19(24)14-22(21)31(28,29)25-15-16-7-9-20-18(13-16)11-12-26(20)23(27)17-5-3-2-4-6-17/h2-10,13-14,25H,11-12,15H2,1H3. The van der Waals surface area contributed by atoms with Crippen LogP contribution in [0.3, 0.4) is 0 Å². The van der Waals surface area contributed by atoms with Gasteiger partial charge in [-0.25, -0.2) is 13.1 Å². The quantitative estimate of drug-likeness (QED) is 0.607. The first-order chi connectivity index (χ1) is 14.9. The van der Waals surface area contributed by atoms with Crippen LogP contribution in [0.5, 0.6) is 5.75 Å². The maximum atomic E-state index is 12.8. The lowest BCUT2D eigenvalue weighted by molar-refractivity contribution is 0.0989. The van der Waals surface area contributed by atoms with E-state index in [0.717, 1.165) is 23.2 Å². The Kier molecular flexibility index (Phi) is 6.00. The Morgan fingerprint density at radius 1 is 1.10 bits per heavy atom. The monoisotopic (exact) mass is 456 g/mol. The number of amides is 1. The van der Waals surface area contributed by atoms with Crippen LogP contribution in [0, 0.1) is 0 Å². The molecule has 0 aromatic heterocycles. The van der Waals surface area contributed by atoms with E-state index in [0.29, 0.717) is 17.1 Å². The van der Waals surface area contributed by atoms with Gasteiger partial charge in [-0.1, -0.05) is 41.9 Å². The summed E-state index contributed by atoms with van der Waals surface area (Å²) in [5, 5.41) is 0.307. The molecule has 0 saturated heterocycles. The maximum absolute atomic E-state index is 12.8. The van der Waals surface area contributed by atoms with Crippen LogP contribution in [-0.4, -0.2) is 28.0 Å².